The van der Waals surface area contributed by atoms with Crippen LogP contribution in [0, 0.1) is 0 Å². The lowest BCUT2D eigenvalue weighted by Gasteiger charge is -2.34. The molecule has 3 rings (SSSR count). The summed E-state index contributed by atoms with van der Waals surface area (Å²) in [5.74, 6) is 0.348. The highest BCUT2D eigenvalue weighted by atomic mass is 16.3. The lowest BCUT2D eigenvalue weighted by atomic mass is 10.2. The van der Waals surface area contributed by atoms with Gasteiger partial charge in [0.2, 0.25) is 5.91 Å². The van der Waals surface area contributed by atoms with Gasteiger partial charge in [-0.3, -0.25) is 9.59 Å². The summed E-state index contributed by atoms with van der Waals surface area (Å²) in [5, 5.41) is 0. The van der Waals surface area contributed by atoms with Gasteiger partial charge in [0, 0.05) is 45.6 Å². The Labute approximate surface area is 128 Å². The van der Waals surface area contributed by atoms with E-state index in [1.54, 1.807) is 17.0 Å². The minimum absolute atomic E-state index is 0.108. The standard InChI is InChI=1S/C16H19N3O3/c1-17-5-4-13(12-17)11-15(20)18-6-8-19(9-7-18)16(21)14-3-2-10-22-14/h2-5,10,12H,6-9,11H2,1H3. The smallest absolute Gasteiger partial charge is 0.289 e. The molecule has 0 aromatic carbocycles. The molecule has 1 aliphatic rings. The van der Waals surface area contributed by atoms with Crippen LogP contribution in [0.2, 0.25) is 0 Å². The Morgan fingerprint density at radius 3 is 2.45 bits per heavy atom. The molecular formula is C16H19N3O3. The molecule has 116 valence electrons. The topological polar surface area (TPSA) is 58.7 Å². The highest BCUT2D eigenvalue weighted by molar-refractivity contribution is 5.91. The molecule has 2 amide bonds. The zero-order chi connectivity index (χ0) is 15.5. The Bertz CT molecular complexity index is 652. The molecule has 6 heteroatoms. The zero-order valence-electron chi connectivity index (χ0n) is 12.6. The number of piperazine rings is 1. The highest BCUT2D eigenvalue weighted by Crippen LogP contribution is 2.11. The van der Waals surface area contributed by atoms with Gasteiger partial charge in [-0.15, -0.1) is 0 Å². The van der Waals surface area contributed by atoms with Crippen LogP contribution in [0.5, 0.6) is 0 Å². The Kier molecular flexibility index (Phi) is 4.00. The molecule has 0 radical (unpaired) electrons. The second-order valence-electron chi connectivity index (χ2n) is 5.51. The fraction of sp³-hybridized carbons (Fsp3) is 0.375. The van der Waals surface area contributed by atoms with Crippen molar-refractivity contribution in [1.29, 1.82) is 0 Å². The summed E-state index contributed by atoms with van der Waals surface area (Å²) in [7, 11) is 1.94. The number of aryl methyl sites for hydroxylation is 1. The van der Waals surface area contributed by atoms with Gasteiger partial charge in [-0.05, 0) is 23.8 Å². The number of carbonyl (C=O) groups excluding carboxylic acids is 2. The summed E-state index contributed by atoms with van der Waals surface area (Å²) in [4.78, 5) is 28.0. The Balaban J connectivity index is 1.53. The van der Waals surface area contributed by atoms with Gasteiger partial charge in [0.05, 0.1) is 12.7 Å². The van der Waals surface area contributed by atoms with Crippen LogP contribution in [0.3, 0.4) is 0 Å². The Hall–Kier alpha value is -2.50. The van der Waals surface area contributed by atoms with E-state index in [1.165, 1.54) is 6.26 Å². The summed E-state index contributed by atoms with van der Waals surface area (Å²) >= 11 is 0. The second kappa shape index (κ2) is 6.09. The monoisotopic (exact) mass is 301 g/mol. The van der Waals surface area contributed by atoms with Crippen molar-refractivity contribution >= 4 is 11.8 Å². The van der Waals surface area contributed by atoms with Crippen molar-refractivity contribution in [2.24, 2.45) is 7.05 Å². The average molecular weight is 301 g/mol. The van der Waals surface area contributed by atoms with Gasteiger partial charge in [0.25, 0.3) is 5.91 Å². The predicted molar refractivity (Wildman–Crippen MR) is 80.3 cm³/mol. The number of furan rings is 1. The van der Waals surface area contributed by atoms with Gasteiger partial charge in [0.1, 0.15) is 0 Å². The van der Waals surface area contributed by atoms with Gasteiger partial charge in [-0.1, -0.05) is 0 Å². The zero-order valence-corrected chi connectivity index (χ0v) is 12.6. The molecule has 1 fully saturated rings. The first-order valence-corrected chi connectivity index (χ1v) is 7.35. The van der Waals surface area contributed by atoms with Crippen molar-refractivity contribution in [3.63, 3.8) is 0 Å². The average Bonchev–Trinajstić information content (AvgIpc) is 3.18. The Morgan fingerprint density at radius 2 is 1.86 bits per heavy atom. The first-order chi connectivity index (χ1) is 10.6. The lowest BCUT2D eigenvalue weighted by Crippen LogP contribution is -2.50. The molecule has 2 aromatic rings. The third kappa shape index (κ3) is 3.05. The van der Waals surface area contributed by atoms with E-state index < -0.39 is 0 Å². The molecule has 0 unspecified atom stereocenters. The molecule has 0 aliphatic carbocycles. The summed E-state index contributed by atoms with van der Waals surface area (Å²) in [5.41, 5.74) is 1.02. The molecule has 1 saturated heterocycles. The first-order valence-electron chi connectivity index (χ1n) is 7.35. The first kappa shape index (κ1) is 14.4. The predicted octanol–water partition coefficient (Wildman–Crippen LogP) is 1.15. The van der Waals surface area contributed by atoms with Gasteiger partial charge < -0.3 is 18.8 Å². The van der Waals surface area contributed by atoms with E-state index in [4.69, 9.17) is 4.42 Å². The SMILES string of the molecule is Cn1ccc(CC(=O)N2CCN(C(=O)c3ccco3)CC2)c1. The van der Waals surface area contributed by atoms with Crippen molar-refractivity contribution in [3.05, 3.63) is 48.2 Å². The summed E-state index contributed by atoms with van der Waals surface area (Å²) < 4.78 is 7.06. The Morgan fingerprint density at radius 1 is 1.14 bits per heavy atom. The molecule has 6 nitrogen and oxygen atoms in total. The van der Waals surface area contributed by atoms with Gasteiger partial charge >= 0.3 is 0 Å². The van der Waals surface area contributed by atoms with Crippen LogP contribution in [0.25, 0.3) is 0 Å². The third-order valence-corrected chi connectivity index (χ3v) is 3.90. The molecule has 22 heavy (non-hydrogen) atoms. The fourth-order valence-corrected chi connectivity index (χ4v) is 2.67. The summed E-state index contributed by atoms with van der Waals surface area (Å²) in [6.45, 7) is 2.22. The highest BCUT2D eigenvalue weighted by Gasteiger charge is 2.25. The molecule has 2 aromatic heterocycles. The van der Waals surface area contributed by atoms with Crippen LogP contribution in [-0.4, -0.2) is 52.4 Å². The molecule has 1 aliphatic heterocycles. The van der Waals surface area contributed by atoms with Gasteiger partial charge in [0.15, 0.2) is 5.76 Å². The molecule has 0 saturated carbocycles. The van der Waals surface area contributed by atoms with Crippen molar-refractivity contribution < 1.29 is 14.0 Å². The fourth-order valence-electron chi connectivity index (χ4n) is 2.67. The second-order valence-corrected chi connectivity index (χ2v) is 5.51. The largest absolute Gasteiger partial charge is 0.459 e. The van der Waals surface area contributed by atoms with E-state index in [2.05, 4.69) is 0 Å². The van der Waals surface area contributed by atoms with Crippen LogP contribution in [-0.2, 0) is 18.3 Å². The van der Waals surface area contributed by atoms with Gasteiger partial charge in [-0.2, -0.15) is 0 Å². The van der Waals surface area contributed by atoms with E-state index in [0.29, 0.717) is 38.4 Å². The van der Waals surface area contributed by atoms with Crippen molar-refractivity contribution in [2.45, 2.75) is 6.42 Å². The number of hydrogen-bond donors (Lipinski definition) is 0. The summed E-state index contributed by atoms with van der Waals surface area (Å²) in [6.07, 6.45) is 5.79. The molecule has 0 spiro atoms. The molecule has 3 heterocycles. The minimum Gasteiger partial charge on any atom is -0.459 e. The molecular weight excluding hydrogens is 282 g/mol. The number of nitrogens with zero attached hydrogens (tertiary/aromatic N) is 3. The normalized spacial score (nSPS) is 15.1. The van der Waals surface area contributed by atoms with E-state index in [0.717, 1.165) is 5.56 Å². The van der Waals surface area contributed by atoms with E-state index in [9.17, 15) is 9.59 Å². The number of aromatic nitrogens is 1. The third-order valence-electron chi connectivity index (χ3n) is 3.90. The maximum atomic E-state index is 12.3. The van der Waals surface area contributed by atoms with Crippen LogP contribution in [0.4, 0.5) is 0 Å². The maximum Gasteiger partial charge on any atom is 0.289 e. The van der Waals surface area contributed by atoms with E-state index >= 15 is 0 Å². The lowest BCUT2D eigenvalue weighted by molar-refractivity contribution is -0.131. The van der Waals surface area contributed by atoms with Crippen molar-refractivity contribution in [1.82, 2.24) is 14.4 Å². The number of amides is 2. The van der Waals surface area contributed by atoms with Crippen LogP contribution in [0.15, 0.2) is 41.3 Å². The number of hydrogen-bond acceptors (Lipinski definition) is 3. The van der Waals surface area contributed by atoms with Gasteiger partial charge in [-0.25, -0.2) is 0 Å². The van der Waals surface area contributed by atoms with Crippen LogP contribution < -0.4 is 0 Å². The number of carbonyl (C=O) groups is 2. The quantitative estimate of drug-likeness (QED) is 0.854. The molecule has 0 bridgehead atoms. The van der Waals surface area contributed by atoms with E-state index in [1.807, 2.05) is 35.0 Å². The van der Waals surface area contributed by atoms with Crippen LogP contribution >= 0.6 is 0 Å². The maximum absolute atomic E-state index is 12.3. The van der Waals surface area contributed by atoms with E-state index in [-0.39, 0.29) is 11.8 Å². The van der Waals surface area contributed by atoms with Crippen LogP contribution in [0.1, 0.15) is 16.1 Å². The number of rotatable bonds is 3. The molecule has 0 N–H and O–H groups in total. The molecule has 0 atom stereocenters. The summed E-state index contributed by atoms with van der Waals surface area (Å²) in [6, 6.07) is 5.32. The minimum atomic E-state index is -0.111. The van der Waals surface area contributed by atoms with Crippen molar-refractivity contribution in [2.75, 3.05) is 26.2 Å². The van der Waals surface area contributed by atoms with Crippen molar-refractivity contribution in [3.8, 4) is 0 Å².